The minimum Gasteiger partial charge on any atom is -0.392 e. The van der Waals surface area contributed by atoms with Crippen molar-refractivity contribution in [1.29, 1.82) is 0 Å². The van der Waals surface area contributed by atoms with E-state index in [2.05, 4.69) is 32.9 Å². The fraction of sp³-hybridized carbons (Fsp3) is 0.235. The van der Waals surface area contributed by atoms with Gasteiger partial charge in [0.1, 0.15) is 6.33 Å². The first kappa shape index (κ1) is 31.2. The lowest BCUT2D eigenvalue weighted by atomic mass is 9.91. The van der Waals surface area contributed by atoms with Crippen molar-refractivity contribution in [3.63, 3.8) is 0 Å². The second-order valence-corrected chi connectivity index (χ2v) is 13.7. The fourth-order valence-corrected chi connectivity index (χ4v) is 7.30. The van der Waals surface area contributed by atoms with Gasteiger partial charge >= 0.3 is 0 Å². The van der Waals surface area contributed by atoms with Crippen LogP contribution in [-0.2, 0) is 32.6 Å². The summed E-state index contributed by atoms with van der Waals surface area (Å²) in [4.78, 5) is 4.47. The van der Waals surface area contributed by atoms with Crippen LogP contribution in [0.15, 0.2) is 120 Å². The molecule has 0 spiro atoms. The summed E-state index contributed by atoms with van der Waals surface area (Å²) in [6.45, 7) is 2.27. The van der Waals surface area contributed by atoms with Gasteiger partial charge in [0.25, 0.3) is 0 Å². The number of thioether (sulfide) groups is 1. The first-order valence-corrected chi connectivity index (χ1v) is 17.1. The lowest BCUT2D eigenvalue weighted by Gasteiger charge is -2.41. The fourth-order valence-electron chi connectivity index (χ4n) is 5.32. The third-order valence-corrected chi connectivity index (χ3v) is 10.2. The third-order valence-electron chi connectivity index (χ3n) is 7.84. The average Bonchev–Trinajstić information content (AvgIpc) is 3.61. The molecule has 0 aliphatic carbocycles. The maximum Gasteiger partial charge on any atom is 0.240 e. The molecule has 1 aliphatic heterocycles. The molecule has 9 nitrogen and oxygen atoms in total. The van der Waals surface area contributed by atoms with E-state index in [1.165, 1.54) is 6.33 Å². The highest BCUT2D eigenvalue weighted by Crippen LogP contribution is 2.43. The number of hydrogen-bond acceptors (Lipinski definition) is 8. The summed E-state index contributed by atoms with van der Waals surface area (Å²) in [5.74, 6) is 0.693. The van der Waals surface area contributed by atoms with Crippen LogP contribution in [0.1, 0.15) is 41.6 Å². The lowest BCUT2D eigenvalue weighted by Crippen LogP contribution is -2.38. The van der Waals surface area contributed by atoms with Gasteiger partial charge in [0.2, 0.25) is 10.0 Å². The molecule has 0 amide bonds. The van der Waals surface area contributed by atoms with Crippen LogP contribution in [0, 0.1) is 5.92 Å². The number of nitrogens with zero attached hydrogens (tertiary/aromatic N) is 2. The van der Waals surface area contributed by atoms with Crippen LogP contribution in [0.5, 0.6) is 0 Å². The number of aromatic nitrogens is 3. The van der Waals surface area contributed by atoms with Crippen molar-refractivity contribution >= 4 is 21.8 Å². The summed E-state index contributed by atoms with van der Waals surface area (Å²) < 4.78 is 41.4. The zero-order chi connectivity index (χ0) is 31.2. The molecule has 5 aromatic rings. The number of hydrogen-bond donors (Lipinski definition) is 3. The minimum absolute atomic E-state index is 0.0174. The van der Waals surface area contributed by atoms with E-state index in [0.717, 1.165) is 38.5 Å². The Morgan fingerprint density at radius 2 is 1.62 bits per heavy atom. The molecule has 1 aromatic heterocycles. The van der Waals surface area contributed by atoms with Crippen molar-refractivity contribution in [2.75, 3.05) is 5.75 Å². The van der Waals surface area contributed by atoms with Crippen LogP contribution in [0.2, 0.25) is 0 Å². The van der Waals surface area contributed by atoms with Crippen LogP contribution < -0.4 is 4.72 Å². The second-order valence-electron chi connectivity index (χ2n) is 10.9. The molecule has 1 aliphatic rings. The topological polar surface area (TPSA) is 126 Å². The minimum atomic E-state index is -3.62. The van der Waals surface area contributed by atoms with E-state index in [1.807, 2.05) is 66.7 Å². The summed E-state index contributed by atoms with van der Waals surface area (Å²) in [6, 6.07) is 32.0. The Morgan fingerprint density at radius 1 is 0.867 bits per heavy atom. The number of ether oxygens (including phenoxy) is 2. The van der Waals surface area contributed by atoms with Crippen LogP contribution in [0.25, 0.3) is 11.1 Å². The number of nitrogens with one attached hydrogen (secondary N) is 2. The predicted molar refractivity (Wildman–Crippen MR) is 172 cm³/mol. The van der Waals surface area contributed by atoms with Crippen molar-refractivity contribution < 1.29 is 23.0 Å². The molecule has 45 heavy (non-hydrogen) atoms. The molecule has 4 atom stereocenters. The molecule has 6 rings (SSSR count). The van der Waals surface area contributed by atoms with Crippen LogP contribution >= 0.6 is 11.8 Å². The van der Waals surface area contributed by atoms with E-state index in [9.17, 15) is 13.5 Å². The number of benzene rings is 4. The Balaban J connectivity index is 1.23. The van der Waals surface area contributed by atoms with Gasteiger partial charge in [0.15, 0.2) is 11.4 Å². The molecule has 1 fully saturated rings. The van der Waals surface area contributed by atoms with Crippen molar-refractivity contribution in [1.82, 2.24) is 19.9 Å². The Morgan fingerprint density at radius 3 is 2.36 bits per heavy atom. The molecule has 4 aromatic carbocycles. The average molecular weight is 643 g/mol. The molecule has 0 saturated carbocycles. The highest BCUT2D eigenvalue weighted by Gasteiger charge is 2.38. The molecule has 2 heterocycles. The molecule has 4 unspecified atom stereocenters. The maximum absolute atomic E-state index is 12.7. The quantitative estimate of drug-likeness (QED) is 0.149. The van der Waals surface area contributed by atoms with Crippen LogP contribution in [0.4, 0.5) is 0 Å². The van der Waals surface area contributed by atoms with E-state index >= 15 is 0 Å². The van der Waals surface area contributed by atoms with Gasteiger partial charge in [-0.05, 0) is 52.1 Å². The van der Waals surface area contributed by atoms with Gasteiger partial charge in [0, 0.05) is 23.8 Å². The molecular formula is C34H34N4O5S2. The van der Waals surface area contributed by atoms with E-state index in [1.54, 1.807) is 42.1 Å². The van der Waals surface area contributed by atoms with Crippen molar-refractivity contribution in [2.45, 2.75) is 48.6 Å². The Kier molecular flexibility index (Phi) is 9.74. The molecule has 11 heteroatoms. The summed E-state index contributed by atoms with van der Waals surface area (Å²) in [5.41, 5.74) is 5.49. The highest BCUT2D eigenvalue weighted by molar-refractivity contribution is 7.99. The number of aliphatic hydroxyl groups is 1. The summed E-state index contributed by atoms with van der Waals surface area (Å²) >= 11 is 1.55. The predicted octanol–water partition coefficient (Wildman–Crippen LogP) is 6.03. The molecule has 1 saturated heterocycles. The smallest absolute Gasteiger partial charge is 0.240 e. The van der Waals surface area contributed by atoms with Crippen LogP contribution in [-0.4, -0.2) is 40.6 Å². The second kappa shape index (κ2) is 14.1. The van der Waals surface area contributed by atoms with Crippen molar-refractivity contribution in [3.8, 4) is 11.1 Å². The first-order chi connectivity index (χ1) is 21.9. The summed E-state index contributed by atoms with van der Waals surface area (Å²) in [5, 5.41) is 17.1. The monoisotopic (exact) mass is 642 g/mol. The number of aliphatic hydroxyl groups excluding tert-OH is 1. The highest BCUT2D eigenvalue weighted by atomic mass is 32.2. The number of sulfonamides is 1. The van der Waals surface area contributed by atoms with Gasteiger partial charge in [-0.1, -0.05) is 97.5 Å². The van der Waals surface area contributed by atoms with E-state index in [0.29, 0.717) is 5.75 Å². The number of rotatable bonds is 11. The molecular weight excluding hydrogens is 609 g/mol. The van der Waals surface area contributed by atoms with E-state index in [-0.39, 0.29) is 36.2 Å². The zero-order valence-electron chi connectivity index (χ0n) is 24.6. The largest absolute Gasteiger partial charge is 0.392 e. The summed E-state index contributed by atoms with van der Waals surface area (Å²) in [7, 11) is -3.62. The van der Waals surface area contributed by atoms with E-state index in [4.69, 9.17) is 9.47 Å². The third kappa shape index (κ3) is 7.52. The zero-order valence-corrected chi connectivity index (χ0v) is 26.2. The number of H-pyrrole nitrogens is 1. The normalized spacial score (nSPS) is 20.2. The molecule has 232 valence electrons. The standard InChI is InChI=1S/C34H34N4O5S2/c1-23-31(21-44-34-35-22-36-38-34)42-33(43-32(23)26-15-13-24(20-39)14-16-26)29-10-6-9-28(18-29)27-8-5-7-25(17-27)19-37-45(40,41)30-11-3-2-4-12-30/h2-18,22-23,31-33,37,39H,19-21H2,1H3,(H,35,36,38). The Hall–Kier alpha value is -3.84. The molecule has 3 N–H and O–H groups in total. The van der Waals surface area contributed by atoms with Crippen molar-refractivity contribution in [2.24, 2.45) is 5.92 Å². The first-order valence-electron chi connectivity index (χ1n) is 14.6. The molecule has 0 bridgehead atoms. The van der Waals surface area contributed by atoms with Gasteiger partial charge < -0.3 is 14.6 Å². The summed E-state index contributed by atoms with van der Waals surface area (Å²) in [6.07, 6.45) is 0.487. The van der Waals surface area contributed by atoms with Gasteiger partial charge in [0.05, 0.1) is 23.7 Å². The lowest BCUT2D eigenvalue weighted by molar-refractivity contribution is -0.268. The van der Waals surface area contributed by atoms with E-state index < -0.39 is 16.3 Å². The SMILES string of the molecule is CC1C(CSc2ncn[nH]2)OC(c2cccc(-c3cccc(CNS(=O)(=O)c4ccccc4)c3)c2)OC1c1ccc(CO)cc1. The van der Waals surface area contributed by atoms with Gasteiger partial charge in [-0.15, -0.1) is 0 Å². The maximum atomic E-state index is 12.7. The van der Waals surface area contributed by atoms with Crippen molar-refractivity contribution in [3.05, 3.63) is 132 Å². The Labute approximate surface area is 267 Å². The van der Waals surface area contributed by atoms with Crippen LogP contribution in [0.3, 0.4) is 0 Å². The Bertz CT molecular complexity index is 1800. The van der Waals surface area contributed by atoms with Gasteiger partial charge in [-0.2, -0.15) is 5.10 Å². The number of aromatic amines is 1. The molecule has 0 radical (unpaired) electrons. The van der Waals surface area contributed by atoms with Gasteiger partial charge in [-0.3, -0.25) is 5.10 Å². The van der Waals surface area contributed by atoms with Gasteiger partial charge in [-0.25, -0.2) is 18.1 Å².